The summed E-state index contributed by atoms with van der Waals surface area (Å²) in [5, 5.41) is 5.39. The van der Waals surface area contributed by atoms with Gasteiger partial charge in [-0.25, -0.2) is 4.98 Å². The SMILES string of the molecule is CCOc1cccc(C(=O)Cc2ccc3nn(CC(=O)N4CCN(C(=O)c5ccccc5)CC4)cc3c2)n1. The maximum absolute atomic E-state index is 12.9. The number of benzene rings is 2. The summed E-state index contributed by atoms with van der Waals surface area (Å²) < 4.78 is 7.03. The molecule has 0 saturated carbocycles. The third-order valence-corrected chi connectivity index (χ3v) is 6.52. The van der Waals surface area contributed by atoms with E-state index >= 15 is 0 Å². The number of hydrogen-bond donors (Lipinski definition) is 0. The maximum atomic E-state index is 12.9. The predicted octanol–water partition coefficient (Wildman–Crippen LogP) is 3.24. The van der Waals surface area contributed by atoms with Crippen LogP contribution < -0.4 is 4.74 Å². The summed E-state index contributed by atoms with van der Waals surface area (Å²) in [5.74, 6) is 0.283. The van der Waals surface area contributed by atoms with Crippen LogP contribution in [0.15, 0.2) is 72.9 Å². The van der Waals surface area contributed by atoms with E-state index in [4.69, 9.17) is 4.74 Å². The molecule has 2 amide bonds. The highest BCUT2D eigenvalue weighted by Gasteiger charge is 2.25. The first-order valence-electron chi connectivity index (χ1n) is 12.7. The highest BCUT2D eigenvalue weighted by molar-refractivity contribution is 5.96. The average molecular weight is 512 g/mol. The van der Waals surface area contributed by atoms with Crippen LogP contribution >= 0.6 is 0 Å². The number of Topliss-reactive ketones (excluding diaryl/α,β-unsaturated/α-hetero) is 1. The summed E-state index contributed by atoms with van der Waals surface area (Å²) >= 11 is 0. The second-order valence-electron chi connectivity index (χ2n) is 9.15. The van der Waals surface area contributed by atoms with Crippen molar-refractivity contribution in [1.29, 1.82) is 0 Å². The number of ether oxygens (including phenoxy) is 1. The summed E-state index contributed by atoms with van der Waals surface area (Å²) in [7, 11) is 0. The third kappa shape index (κ3) is 5.72. The van der Waals surface area contributed by atoms with Crippen molar-refractivity contribution in [2.75, 3.05) is 32.8 Å². The molecule has 4 aromatic rings. The van der Waals surface area contributed by atoms with E-state index in [2.05, 4.69) is 10.1 Å². The van der Waals surface area contributed by atoms with Crippen LogP contribution in [0, 0.1) is 0 Å². The Balaban J connectivity index is 1.18. The third-order valence-electron chi connectivity index (χ3n) is 6.52. The Morgan fingerprint density at radius 3 is 2.42 bits per heavy atom. The van der Waals surface area contributed by atoms with Gasteiger partial charge in [0.05, 0.1) is 12.1 Å². The number of piperazine rings is 1. The molecule has 0 radical (unpaired) electrons. The van der Waals surface area contributed by atoms with Gasteiger partial charge in [-0.2, -0.15) is 5.10 Å². The first-order chi connectivity index (χ1) is 18.5. The van der Waals surface area contributed by atoms with Gasteiger partial charge in [-0.05, 0) is 42.8 Å². The molecule has 1 fully saturated rings. The van der Waals surface area contributed by atoms with E-state index in [0.717, 1.165) is 16.5 Å². The summed E-state index contributed by atoms with van der Waals surface area (Å²) in [6, 6.07) is 20.0. The quantitative estimate of drug-likeness (QED) is 0.337. The normalized spacial score (nSPS) is 13.5. The molecule has 0 unspecified atom stereocenters. The van der Waals surface area contributed by atoms with Crippen LogP contribution in [0.5, 0.6) is 5.88 Å². The van der Waals surface area contributed by atoms with E-state index in [-0.39, 0.29) is 30.6 Å². The van der Waals surface area contributed by atoms with Gasteiger partial charge < -0.3 is 14.5 Å². The molecule has 0 aliphatic carbocycles. The number of carbonyl (C=O) groups is 3. The fourth-order valence-corrected chi connectivity index (χ4v) is 4.55. The number of nitrogens with zero attached hydrogens (tertiary/aromatic N) is 5. The van der Waals surface area contributed by atoms with E-state index in [0.29, 0.717) is 49.9 Å². The van der Waals surface area contributed by atoms with E-state index in [9.17, 15) is 14.4 Å². The van der Waals surface area contributed by atoms with Gasteiger partial charge in [0.15, 0.2) is 5.78 Å². The number of ketones is 1. The second-order valence-corrected chi connectivity index (χ2v) is 9.15. The predicted molar refractivity (Wildman–Crippen MR) is 142 cm³/mol. The van der Waals surface area contributed by atoms with Crippen molar-refractivity contribution in [1.82, 2.24) is 24.6 Å². The summed E-state index contributed by atoms with van der Waals surface area (Å²) in [5.41, 5.74) is 2.62. The Bertz CT molecular complexity index is 1460. The molecule has 38 heavy (non-hydrogen) atoms. The van der Waals surface area contributed by atoms with Crippen molar-refractivity contribution in [2.45, 2.75) is 19.9 Å². The zero-order valence-corrected chi connectivity index (χ0v) is 21.2. The van der Waals surface area contributed by atoms with Crippen LogP contribution in [0.3, 0.4) is 0 Å². The van der Waals surface area contributed by atoms with Crippen molar-refractivity contribution in [3.63, 3.8) is 0 Å². The molecule has 1 aliphatic heterocycles. The van der Waals surface area contributed by atoms with Crippen molar-refractivity contribution >= 4 is 28.5 Å². The van der Waals surface area contributed by atoms with E-state index in [1.54, 1.807) is 44.8 Å². The number of fused-ring (bicyclic) bond motifs is 1. The first-order valence-corrected chi connectivity index (χ1v) is 12.7. The summed E-state index contributed by atoms with van der Waals surface area (Å²) in [6.45, 7) is 4.45. The zero-order chi connectivity index (χ0) is 26.5. The lowest BCUT2D eigenvalue weighted by molar-refractivity contribution is -0.133. The Kier molecular flexibility index (Phi) is 7.44. The summed E-state index contributed by atoms with van der Waals surface area (Å²) in [6.07, 6.45) is 2.03. The molecule has 9 nitrogen and oxygen atoms in total. The van der Waals surface area contributed by atoms with Gasteiger partial charge in [0.1, 0.15) is 12.2 Å². The molecule has 0 atom stereocenters. The standard InChI is InChI=1S/C29H29N5O4/c1-2-38-27-10-6-9-25(30-27)26(35)18-21-11-12-24-23(17-21)19-34(31-24)20-28(36)32-13-15-33(16-14-32)29(37)22-7-4-3-5-8-22/h3-12,17,19H,2,13-16,18,20H2,1H3. The summed E-state index contributed by atoms with van der Waals surface area (Å²) in [4.78, 5) is 46.2. The fraction of sp³-hybridized carbons (Fsp3) is 0.276. The fourth-order valence-electron chi connectivity index (χ4n) is 4.55. The maximum Gasteiger partial charge on any atom is 0.253 e. The molecule has 1 saturated heterocycles. The molecule has 2 aromatic carbocycles. The van der Waals surface area contributed by atoms with Crippen LogP contribution in [0.25, 0.3) is 10.9 Å². The van der Waals surface area contributed by atoms with Gasteiger partial charge in [0.25, 0.3) is 5.91 Å². The van der Waals surface area contributed by atoms with Crippen molar-refractivity contribution in [2.24, 2.45) is 0 Å². The minimum Gasteiger partial charge on any atom is -0.478 e. The second kappa shape index (κ2) is 11.2. The van der Waals surface area contributed by atoms with Crippen LogP contribution in [0.2, 0.25) is 0 Å². The lowest BCUT2D eigenvalue weighted by Crippen LogP contribution is -2.51. The van der Waals surface area contributed by atoms with Crippen LogP contribution in [-0.4, -0.2) is 74.9 Å². The van der Waals surface area contributed by atoms with Gasteiger partial charge in [-0.3, -0.25) is 19.1 Å². The minimum absolute atomic E-state index is 0.0110. The number of amides is 2. The number of carbonyl (C=O) groups excluding carboxylic acids is 3. The Labute approximate surface area is 220 Å². The van der Waals surface area contributed by atoms with E-state index in [1.807, 2.05) is 49.5 Å². The Hall–Kier alpha value is -4.53. The largest absolute Gasteiger partial charge is 0.478 e. The molecule has 0 spiro atoms. The number of rotatable bonds is 8. The lowest BCUT2D eigenvalue weighted by atomic mass is 10.1. The van der Waals surface area contributed by atoms with Crippen molar-refractivity contribution in [3.8, 4) is 5.88 Å². The van der Waals surface area contributed by atoms with Crippen LogP contribution in [-0.2, 0) is 17.8 Å². The zero-order valence-electron chi connectivity index (χ0n) is 21.2. The molecular formula is C29H29N5O4. The smallest absolute Gasteiger partial charge is 0.253 e. The van der Waals surface area contributed by atoms with Gasteiger partial charge in [-0.1, -0.05) is 30.3 Å². The molecule has 1 aliphatic rings. The highest BCUT2D eigenvalue weighted by Crippen LogP contribution is 2.18. The molecule has 9 heteroatoms. The topological polar surface area (TPSA) is 97.6 Å². The number of hydrogen-bond acceptors (Lipinski definition) is 6. The minimum atomic E-state index is -0.0987. The van der Waals surface area contributed by atoms with Crippen LogP contribution in [0.1, 0.15) is 33.3 Å². The van der Waals surface area contributed by atoms with Crippen molar-refractivity contribution < 1.29 is 19.1 Å². The number of aromatic nitrogens is 3. The lowest BCUT2D eigenvalue weighted by Gasteiger charge is -2.34. The molecule has 2 aromatic heterocycles. The van der Waals surface area contributed by atoms with Gasteiger partial charge in [0, 0.05) is 55.8 Å². The Morgan fingerprint density at radius 1 is 0.895 bits per heavy atom. The van der Waals surface area contributed by atoms with Gasteiger partial charge in [0.2, 0.25) is 11.8 Å². The van der Waals surface area contributed by atoms with Gasteiger partial charge in [-0.15, -0.1) is 0 Å². The molecule has 194 valence electrons. The Morgan fingerprint density at radius 2 is 1.66 bits per heavy atom. The van der Waals surface area contributed by atoms with E-state index in [1.165, 1.54) is 0 Å². The molecule has 0 N–H and O–H groups in total. The average Bonchev–Trinajstić information content (AvgIpc) is 3.35. The monoisotopic (exact) mass is 511 g/mol. The van der Waals surface area contributed by atoms with Crippen molar-refractivity contribution in [3.05, 3.63) is 89.7 Å². The number of pyridine rings is 1. The molecule has 3 heterocycles. The molecular weight excluding hydrogens is 482 g/mol. The van der Waals surface area contributed by atoms with E-state index < -0.39 is 0 Å². The first kappa shape index (κ1) is 25.1. The van der Waals surface area contributed by atoms with Gasteiger partial charge >= 0.3 is 0 Å². The molecule has 0 bridgehead atoms. The highest BCUT2D eigenvalue weighted by atomic mass is 16.5. The molecule has 5 rings (SSSR count). The van der Waals surface area contributed by atoms with Crippen LogP contribution in [0.4, 0.5) is 0 Å².